The maximum Gasteiger partial charge on any atom is 0.0712 e. The molecule has 0 spiro atoms. The van der Waals surface area contributed by atoms with Gasteiger partial charge in [-0.1, -0.05) is 37.3 Å². The number of aliphatic hydroxyl groups excluding tert-OH is 1. The van der Waals surface area contributed by atoms with Gasteiger partial charge in [0.1, 0.15) is 0 Å². The molecule has 2 aromatic carbocycles. The minimum atomic E-state index is 0.174. The Hall–Kier alpha value is -2.39. The van der Waals surface area contributed by atoms with Gasteiger partial charge in [-0.05, 0) is 43.2 Å². The molecule has 124 valence electrons. The summed E-state index contributed by atoms with van der Waals surface area (Å²) >= 11 is 0. The number of pyridine rings is 1. The minimum Gasteiger partial charge on any atom is -0.395 e. The molecule has 3 nitrogen and oxygen atoms in total. The highest BCUT2D eigenvalue weighted by Crippen LogP contribution is 2.26. The number of nitrogens with zero attached hydrogens (tertiary/aromatic N) is 2. The Morgan fingerprint density at radius 3 is 2.46 bits per heavy atom. The first kappa shape index (κ1) is 16.5. The summed E-state index contributed by atoms with van der Waals surface area (Å²) in [5, 5.41) is 10.4. The lowest BCUT2D eigenvalue weighted by molar-refractivity contribution is 0.302. The lowest BCUT2D eigenvalue weighted by Gasteiger charge is -2.23. The van der Waals surface area contributed by atoms with Crippen LogP contribution in [0.5, 0.6) is 0 Å². The summed E-state index contributed by atoms with van der Waals surface area (Å²) in [4.78, 5) is 7.01. The molecule has 0 saturated heterocycles. The molecular formula is C21H24N2O. The highest BCUT2D eigenvalue weighted by Gasteiger charge is 2.07. The van der Waals surface area contributed by atoms with Gasteiger partial charge in [-0.15, -0.1) is 0 Å². The summed E-state index contributed by atoms with van der Waals surface area (Å²) in [7, 11) is 0. The molecule has 0 aliphatic carbocycles. The van der Waals surface area contributed by atoms with E-state index in [-0.39, 0.29) is 6.61 Å². The third-order valence-electron chi connectivity index (χ3n) is 4.31. The van der Waals surface area contributed by atoms with Gasteiger partial charge in [-0.25, -0.2) is 4.98 Å². The van der Waals surface area contributed by atoms with Crippen molar-refractivity contribution in [1.82, 2.24) is 4.98 Å². The van der Waals surface area contributed by atoms with E-state index < -0.39 is 0 Å². The molecular weight excluding hydrogens is 296 g/mol. The van der Waals surface area contributed by atoms with Gasteiger partial charge in [0.05, 0.1) is 17.8 Å². The molecule has 3 aromatic rings. The molecule has 0 unspecified atom stereocenters. The molecule has 1 heterocycles. The van der Waals surface area contributed by atoms with Crippen molar-refractivity contribution < 1.29 is 5.11 Å². The molecule has 0 amide bonds. The van der Waals surface area contributed by atoms with Crippen LogP contribution in [-0.4, -0.2) is 29.8 Å². The average Bonchev–Trinajstić information content (AvgIpc) is 2.62. The summed E-state index contributed by atoms with van der Waals surface area (Å²) in [5.74, 6) is 0. The number of benzene rings is 2. The highest BCUT2D eigenvalue weighted by atomic mass is 16.3. The molecule has 0 radical (unpaired) electrons. The van der Waals surface area contributed by atoms with Crippen molar-refractivity contribution in [1.29, 1.82) is 0 Å². The number of para-hydroxylation sites is 1. The van der Waals surface area contributed by atoms with Gasteiger partial charge in [0.15, 0.2) is 0 Å². The van der Waals surface area contributed by atoms with Crippen LogP contribution in [0.1, 0.15) is 18.9 Å². The van der Waals surface area contributed by atoms with Gasteiger partial charge in [-0.3, -0.25) is 0 Å². The summed E-state index contributed by atoms with van der Waals surface area (Å²) in [6.07, 6.45) is 1.06. The van der Waals surface area contributed by atoms with Crippen molar-refractivity contribution in [3.63, 3.8) is 0 Å². The van der Waals surface area contributed by atoms with Crippen molar-refractivity contribution in [3.8, 4) is 11.3 Å². The fourth-order valence-electron chi connectivity index (χ4n) is 3.10. The van der Waals surface area contributed by atoms with E-state index in [1.54, 1.807) is 0 Å². The first-order valence-corrected chi connectivity index (χ1v) is 8.55. The van der Waals surface area contributed by atoms with E-state index in [0.717, 1.165) is 35.4 Å². The quantitative estimate of drug-likeness (QED) is 0.730. The van der Waals surface area contributed by atoms with Crippen LogP contribution in [0.4, 0.5) is 5.69 Å². The third kappa shape index (κ3) is 3.41. The Bertz CT molecular complexity index is 806. The SMILES string of the molecule is CCCN(CCO)c1ccc(-c2cc(C)c3ccccc3n2)cc1. The van der Waals surface area contributed by atoms with Crippen LogP contribution in [0.3, 0.4) is 0 Å². The standard InChI is InChI=1S/C21H24N2O/c1-3-12-23(13-14-24)18-10-8-17(9-11-18)21-15-16(2)19-6-4-5-7-20(19)22-21/h4-11,15,24H,3,12-14H2,1-2H3. The normalized spacial score (nSPS) is 11.0. The fraction of sp³-hybridized carbons (Fsp3) is 0.286. The summed E-state index contributed by atoms with van der Waals surface area (Å²) in [5.41, 5.74) is 5.54. The van der Waals surface area contributed by atoms with Crippen molar-refractivity contribution in [3.05, 3.63) is 60.2 Å². The largest absolute Gasteiger partial charge is 0.395 e. The van der Waals surface area contributed by atoms with Gasteiger partial charge >= 0.3 is 0 Å². The zero-order chi connectivity index (χ0) is 16.9. The monoisotopic (exact) mass is 320 g/mol. The predicted molar refractivity (Wildman–Crippen MR) is 102 cm³/mol. The molecule has 0 bridgehead atoms. The second-order valence-corrected chi connectivity index (χ2v) is 6.10. The molecule has 1 aromatic heterocycles. The molecule has 0 saturated carbocycles. The van der Waals surface area contributed by atoms with Crippen LogP contribution < -0.4 is 4.90 Å². The number of hydrogen-bond donors (Lipinski definition) is 1. The Kier molecular flexibility index (Phi) is 5.11. The maximum atomic E-state index is 9.24. The topological polar surface area (TPSA) is 36.4 Å². The van der Waals surface area contributed by atoms with Crippen LogP contribution >= 0.6 is 0 Å². The molecule has 0 atom stereocenters. The molecule has 0 aliphatic rings. The van der Waals surface area contributed by atoms with Crippen molar-refractivity contribution >= 4 is 16.6 Å². The van der Waals surface area contributed by atoms with Crippen LogP contribution in [0.15, 0.2) is 54.6 Å². The maximum absolute atomic E-state index is 9.24. The van der Waals surface area contributed by atoms with E-state index in [4.69, 9.17) is 4.98 Å². The molecule has 0 fully saturated rings. The minimum absolute atomic E-state index is 0.174. The summed E-state index contributed by atoms with van der Waals surface area (Å²) in [6, 6.07) is 18.9. The molecule has 3 rings (SSSR count). The average molecular weight is 320 g/mol. The Morgan fingerprint density at radius 2 is 1.75 bits per heavy atom. The number of rotatable bonds is 6. The molecule has 0 aliphatic heterocycles. The predicted octanol–water partition coefficient (Wildman–Crippen LogP) is 4.42. The molecule has 3 heteroatoms. The van der Waals surface area contributed by atoms with Crippen LogP contribution in [0.2, 0.25) is 0 Å². The van der Waals surface area contributed by atoms with Crippen molar-refractivity contribution in [2.75, 3.05) is 24.6 Å². The third-order valence-corrected chi connectivity index (χ3v) is 4.31. The van der Waals surface area contributed by atoms with Gasteiger partial charge in [0.2, 0.25) is 0 Å². The van der Waals surface area contributed by atoms with Gasteiger partial charge < -0.3 is 10.0 Å². The van der Waals surface area contributed by atoms with Crippen LogP contribution in [0.25, 0.3) is 22.2 Å². The summed E-state index contributed by atoms with van der Waals surface area (Å²) < 4.78 is 0. The van der Waals surface area contributed by atoms with Gasteiger partial charge in [0.25, 0.3) is 0 Å². The number of aryl methyl sites for hydroxylation is 1. The van der Waals surface area contributed by atoms with Crippen LogP contribution in [-0.2, 0) is 0 Å². The molecule has 1 N–H and O–H groups in total. The number of hydrogen-bond acceptors (Lipinski definition) is 3. The van der Waals surface area contributed by atoms with E-state index in [1.807, 2.05) is 6.07 Å². The lowest BCUT2D eigenvalue weighted by atomic mass is 10.0. The Balaban J connectivity index is 1.93. The smallest absolute Gasteiger partial charge is 0.0712 e. The second kappa shape index (κ2) is 7.45. The van der Waals surface area contributed by atoms with E-state index in [2.05, 4.69) is 67.3 Å². The lowest BCUT2D eigenvalue weighted by Crippen LogP contribution is -2.27. The highest BCUT2D eigenvalue weighted by molar-refractivity contribution is 5.85. The first-order chi connectivity index (χ1) is 11.7. The number of aromatic nitrogens is 1. The molecule has 24 heavy (non-hydrogen) atoms. The zero-order valence-corrected chi connectivity index (χ0v) is 14.4. The first-order valence-electron chi connectivity index (χ1n) is 8.55. The second-order valence-electron chi connectivity index (χ2n) is 6.10. The van der Waals surface area contributed by atoms with E-state index >= 15 is 0 Å². The van der Waals surface area contributed by atoms with E-state index in [0.29, 0.717) is 6.54 Å². The van der Waals surface area contributed by atoms with E-state index in [9.17, 15) is 5.11 Å². The fourth-order valence-corrected chi connectivity index (χ4v) is 3.10. The Labute approximate surface area is 143 Å². The van der Waals surface area contributed by atoms with E-state index in [1.165, 1.54) is 10.9 Å². The van der Waals surface area contributed by atoms with Crippen molar-refractivity contribution in [2.45, 2.75) is 20.3 Å². The van der Waals surface area contributed by atoms with Gasteiger partial charge in [0, 0.05) is 29.7 Å². The Morgan fingerprint density at radius 1 is 1.00 bits per heavy atom. The zero-order valence-electron chi connectivity index (χ0n) is 14.4. The van der Waals surface area contributed by atoms with Crippen LogP contribution in [0, 0.1) is 6.92 Å². The number of anilines is 1. The number of aliphatic hydroxyl groups is 1. The summed E-state index contributed by atoms with van der Waals surface area (Å²) in [6.45, 7) is 6.08. The van der Waals surface area contributed by atoms with Gasteiger partial charge in [-0.2, -0.15) is 0 Å². The van der Waals surface area contributed by atoms with Crippen molar-refractivity contribution in [2.24, 2.45) is 0 Å². The number of fused-ring (bicyclic) bond motifs is 1.